The molecule has 0 saturated carbocycles. The first-order valence-electron chi connectivity index (χ1n) is 9.99. The highest BCUT2D eigenvalue weighted by atomic mass is 14.5. The SMILES string of the molecule is CC.CC.CC/C(=C\N)c1ccc(-c2cccc(-c3ccccc3)c2)cc1. The molecule has 0 amide bonds. The predicted molar refractivity (Wildman–Crippen MR) is 122 cm³/mol. The van der Waals surface area contributed by atoms with Crippen molar-refractivity contribution < 1.29 is 0 Å². The highest BCUT2D eigenvalue weighted by Gasteiger charge is 2.03. The molecule has 0 atom stereocenters. The average molecular weight is 360 g/mol. The van der Waals surface area contributed by atoms with Gasteiger partial charge < -0.3 is 5.73 Å². The Morgan fingerprint density at radius 3 is 1.63 bits per heavy atom. The first-order valence-corrected chi connectivity index (χ1v) is 9.99. The summed E-state index contributed by atoms with van der Waals surface area (Å²) in [6.45, 7) is 10.1. The van der Waals surface area contributed by atoms with E-state index in [1.807, 2.05) is 33.8 Å². The van der Waals surface area contributed by atoms with Crippen LogP contribution in [0.1, 0.15) is 46.6 Å². The van der Waals surface area contributed by atoms with E-state index in [1.165, 1.54) is 33.4 Å². The second-order valence-electron chi connectivity index (χ2n) is 5.57. The molecule has 3 aromatic rings. The summed E-state index contributed by atoms with van der Waals surface area (Å²) in [5, 5.41) is 0. The summed E-state index contributed by atoms with van der Waals surface area (Å²) in [7, 11) is 0. The molecule has 0 unspecified atom stereocenters. The van der Waals surface area contributed by atoms with Gasteiger partial charge in [-0.3, -0.25) is 0 Å². The van der Waals surface area contributed by atoms with Crippen molar-refractivity contribution in [1.29, 1.82) is 0 Å². The van der Waals surface area contributed by atoms with Gasteiger partial charge in [-0.15, -0.1) is 0 Å². The van der Waals surface area contributed by atoms with Crippen molar-refractivity contribution >= 4 is 5.57 Å². The Labute approximate surface area is 165 Å². The molecular weight excluding hydrogens is 326 g/mol. The molecule has 2 N–H and O–H groups in total. The maximum absolute atomic E-state index is 5.69. The quantitative estimate of drug-likeness (QED) is 0.505. The van der Waals surface area contributed by atoms with Gasteiger partial charge in [0.2, 0.25) is 0 Å². The van der Waals surface area contributed by atoms with Crippen molar-refractivity contribution in [3.05, 3.63) is 90.6 Å². The molecule has 1 heteroatoms. The topological polar surface area (TPSA) is 26.0 Å². The number of nitrogens with two attached hydrogens (primary N) is 1. The van der Waals surface area contributed by atoms with Gasteiger partial charge in [0.05, 0.1) is 0 Å². The molecule has 142 valence electrons. The van der Waals surface area contributed by atoms with Gasteiger partial charge in [-0.25, -0.2) is 0 Å². The Hall–Kier alpha value is -2.80. The van der Waals surface area contributed by atoms with Crippen molar-refractivity contribution in [2.45, 2.75) is 41.0 Å². The first-order chi connectivity index (χ1) is 13.3. The van der Waals surface area contributed by atoms with Gasteiger partial charge in [-0.1, -0.05) is 107 Å². The van der Waals surface area contributed by atoms with Crippen LogP contribution in [0.2, 0.25) is 0 Å². The molecule has 27 heavy (non-hydrogen) atoms. The van der Waals surface area contributed by atoms with E-state index >= 15 is 0 Å². The highest BCUT2D eigenvalue weighted by Crippen LogP contribution is 2.27. The minimum atomic E-state index is 0.944. The van der Waals surface area contributed by atoms with E-state index in [4.69, 9.17) is 5.73 Å². The maximum atomic E-state index is 5.69. The van der Waals surface area contributed by atoms with Gasteiger partial charge in [0.1, 0.15) is 0 Å². The summed E-state index contributed by atoms with van der Waals surface area (Å²) in [5.74, 6) is 0. The molecule has 0 spiro atoms. The number of rotatable bonds is 4. The van der Waals surface area contributed by atoms with E-state index in [0.29, 0.717) is 0 Å². The number of hydrogen-bond donors (Lipinski definition) is 1. The summed E-state index contributed by atoms with van der Waals surface area (Å²) in [4.78, 5) is 0. The summed E-state index contributed by atoms with van der Waals surface area (Å²) < 4.78 is 0. The fourth-order valence-corrected chi connectivity index (χ4v) is 2.80. The lowest BCUT2D eigenvalue weighted by Gasteiger charge is -2.08. The lowest BCUT2D eigenvalue weighted by Crippen LogP contribution is -1.89. The smallest absolute Gasteiger partial charge is 0.00238 e. The molecule has 3 rings (SSSR count). The van der Waals surface area contributed by atoms with Crippen molar-refractivity contribution in [3.8, 4) is 22.3 Å². The number of hydrogen-bond acceptors (Lipinski definition) is 1. The Bertz CT molecular complexity index is 799. The van der Waals surface area contributed by atoms with E-state index in [1.54, 1.807) is 6.20 Å². The molecule has 0 fully saturated rings. The minimum absolute atomic E-state index is 0.944. The minimum Gasteiger partial charge on any atom is -0.404 e. The summed E-state index contributed by atoms with van der Waals surface area (Å²) >= 11 is 0. The Kier molecular flexibility index (Phi) is 10.3. The van der Waals surface area contributed by atoms with Gasteiger partial charge in [0.25, 0.3) is 0 Å². The van der Waals surface area contributed by atoms with Crippen LogP contribution < -0.4 is 5.73 Å². The molecule has 0 bridgehead atoms. The second-order valence-corrected chi connectivity index (χ2v) is 5.57. The van der Waals surface area contributed by atoms with Gasteiger partial charge in [0.15, 0.2) is 0 Å². The molecule has 0 aromatic heterocycles. The van der Waals surface area contributed by atoms with Gasteiger partial charge in [0, 0.05) is 0 Å². The molecule has 0 saturated heterocycles. The third-order valence-corrected chi connectivity index (χ3v) is 4.14. The number of allylic oxidation sites excluding steroid dienone is 1. The van der Waals surface area contributed by atoms with Crippen LogP contribution in [0.25, 0.3) is 27.8 Å². The maximum Gasteiger partial charge on any atom is -0.00238 e. The van der Waals surface area contributed by atoms with Crippen LogP contribution in [0.3, 0.4) is 0 Å². The molecule has 0 heterocycles. The summed E-state index contributed by atoms with van der Waals surface area (Å²) in [5.41, 5.74) is 13.0. The fraction of sp³-hybridized carbons (Fsp3) is 0.231. The Morgan fingerprint density at radius 1 is 0.667 bits per heavy atom. The summed E-state index contributed by atoms with van der Waals surface area (Å²) in [6, 6.07) is 27.8. The van der Waals surface area contributed by atoms with E-state index in [0.717, 1.165) is 6.42 Å². The zero-order valence-corrected chi connectivity index (χ0v) is 17.4. The highest BCUT2D eigenvalue weighted by molar-refractivity contribution is 5.74. The van der Waals surface area contributed by atoms with Crippen molar-refractivity contribution in [1.82, 2.24) is 0 Å². The molecule has 1 nitrogen and oxygen atoms in total. The van der Waals surface area contributed by atoms with Crippen LogP contribution in [0, 0.1) is 0 Å². The van der Waals surface area contributed by atoms with Gasteiger partial charge in [-0.05, 0) is 52.1 Å². The zero-order valence-electron chi connectivity index (χ0n) is 17.4. The Balaban J connectivity index is 0.000000855. The van der Waals surface area contributed by atoms with Crippen molar-refractivity contribution in [3.63, 3.8) is 0 Å². The number of benzene rings is 3. The zero-order chi connectivity index (χ0) is 20.1. The molecule has 0 aliphatic carbocycles. The van der Waals surface area contributed by atoms with Crippen LogP contribution in [0.15, 0.2) is 85.1 Å². The van der Waals surface area contributed by atoms with E-state index in [-0.39, 0.29) is 0 Å². The normalized spacial score (nSPS) is 10.2. The van der Waals surface area contributed by atoms with Crippen LogP contribution in [0.4, 0.5) is 0 Å². The van der Waals surface area contributed by atoms with E-state index in [2.05, 4.69) is 79.7 Å². The van der Waals surface area contributed by atoms with Crippen LogP contribution in [-0.2, 0) is 0 Å². The second kappa shape index (κ2) is 12.5. The lowest BCUT2D eigenvalue weighted by atomic mass is 9.97. The van der Waals surface area contributed by atoms with Crippen molar-refractivity contribution in [2.24, 2.45) is 5.73 Å². The predicted octanol–water partition coefficient (Wildman–Crippen LogP) is 7.78. The van der Waals surface area contributed by atoms with E-state index < -0.39 is 0 Å². The van der Waals surface area contributed by atoms with Crippen molar-refractivity contribution in [2.75, 3.05) is 0 Å². The third-order valence-electron chi connectivity index (χ3n) is 4.14. The molecular formula is C26H33N. The van der Waals surface area contributed by atoms with Crippen LogP contribution in [-0.4, -0.2) is 0 Å². The standard InChI is InChI=1S/C22H21N.2C2H6/c1-2-17(16-23)19-11-13-20(14-12-19)22-10-6-9-21(15-22)18-7-4-3-5-8-18;2*1-2/h3-16H,2,23H2,1H3;2*1-2H3/b17-16+;;. The monoisotopic (exact) mass is 359 g/mol. The third kappa shape index (κ3) is 6.14. The fourth-order valence-electron chi connectivity index (χ4n) is 2.80. The van der Waals surface area contributed by atoms with Crippen LogP contribution in [0.5, 0.6) is 0 Å². The molecule has 0 radical (unpaired) electrons. The van der Waals surface area contributed by atoms with E-state index in [9.17, 15) is 0 Å². The molecule has 3 aromatic carbocycles. The Morgan fingerprint density at radius 2 is 1.15 bits per heavy atom. The molecule has 0 aliphatic rings. The largest absolute Gasteiger partial charge is 0.404 e. The van der Waals surface area contributed by atoms with Gasteiger partial charge >= 0.3 is 0 Å². The summed E-state index contributed by atoms with van der Waals surface area (Å²) in [6.07, 6.45) is 2.64. The average Bonchev–Trinajstić information content (AvgIpc) is 2.78. The lowest BCUT2D eigenvalue weighted by molar-refractivity contribution is 1.23. The first kappa shape index (κ1) is 22.2. The van der Waals surface area contributed by atoms with Gasteiger partial charge in [-0.2, -0.15) is 0 Å². The van der Waals surface area contributed by atoms with Crippen LogP contribution >= 0.6 is 0 Å². The molecule has 0 aliphatic heterocycles.